The zero-order valence-corrected chi connectivity index (χ0v) is 10.5. The summed E-state index contributed by atoms with van der Waals surface area (Å²) in [5, 5.41) is 0.884. The zero-order chi connectivity index (χ0) is 13.2. The highest BCUT2D eigenvalue weighted by molar-refractivity contribution is 5.92. The Kier molecular flexibility index (Phi) is 2.75. The summed E-state index contributed by atoms with van der Waals surface area (Å²) in [6.45, 7) is 0. The van der Waals surface area contributed by atoms with Crippen LogP contribution in [-0.4, -0.2) is 29.2 Å². The van der Waals surface area contributed by atoms with E-state index in [4.69, 9.17) is 13.9 Å². The maximum Gasteiger partial charge on any atom is 0.319 e. The van der Waals surface area contributed by atoms with E-state index in [2.05, 4.69) is 15.0 Å². The highest BCUT2D eigenvalue weighted by atomic mass is 16.5. The van der Waals surface area contributed by atoms with E-state index in [9.17, 15) is 0 Å². The molecule has 0 bridgehead atoms. The maximum atomic E-state index is 5.35. The number of rotatable bonds is 3. The number of hydrogen-bond donors (Lipinski definition) is 0. The first-order valence-electron chi connectivity index (χ1n) is 5.61. The van der Waals surface area contributed by atoms with E-state index >= 15 is 0 Å². The Balaban J connectivity index is 2.23. The van der Waals surface area contributed by atoms with Gasteiger partial charge in [0.25, 0.3) is 0 Å². The summed E-state index contributed by atoms with van der Waals surface area (Å²) in [5.74, 6) is 0.410. The molecule has 19 heavy (non-hydrogen) atoms. The predicted octanol–water partition coefficient (Wildman–Crippen LogP) is 2.30. The number of hydrogen-bond acceptors (Lipinski definition) is 6. The van der Waals surface area contributed by atoms with Crippen molar-refractivity contribution in [1.29, 1.82) is 0 Å². The number of fused-ring (bicyclic) bond motifs is 1. The first kappa shape index (κ1) is 11.5. The Morgan fingerprint density at radius 3 is 2.79 bits per heavy atom. The molecule has 6 nitrogen and oxygen atoms in total. The molecule has 0 aromatic carbocycles. The zero-order valence-electron chi connectivity index (χ0n) is 10.5. The molecule has 3 rings (SSSR count). The fraction of sp³-hybridized carbons (Fsp3) is 0.154. The highest BCUT2D eigenvalue weighted by Crippen LogP contribution is 2.32. The van der Waals surface area contributed by atoms with Gasteiger partial charge in [-0.1, -0.05) is 0 Å². The van der Waals surface area contributed by atoms with Crippen LogP contribution in [0.4, 0.5) is 0 Å². The molecule has 0 spiro atoms. The third-order valence-corrected chi connectivity index (χ3v) is 2.74. The van der Waals surface area contributed by atoms with Gasteiger partial charge in [-0.05, 0) is 12.1 Å². The average Bonchev–Trinajstić information content (AvgIpc) is 2.95. The fourth-order valence-corrected chi connectivity index (χ4v) is 1.88. The first-order chi connectivity index (χ1) is 9.33. The van der Waals surface area contributed by atoms with Crippen LogP contribution in [0.15, 0.2) is 35.2 Å². The van der Waals surface area contributed by atoms with Gasteiger partial charge < -0.3 is 13.9 Å². The van der Waals surface area contributed by atoms with Crippen LogP contribution >= 0.6 is 0 Å². The number of pyridine rings is 1. The molecule has 3 heterocycles. The summed E-state index contributed by atoms with van der Waals surface area (Å²) in [7, 11) is 3.05. The van der Waals surface area contributed by atoms with Crippen LogP contribution < -0.4 is 9.47 Å². The standard InChI is InChI=1S/C13H11N3O3/c1-17-12-9(7-15-13(16-12)18-2)11-8-4-6-19-10(8)3-5-14-11/h3-7H,1-2H3. The van der Waals surface area contributed by atoms with Crippen LogP contribution in [-0.2, 0) is 0 Å². The van der Waals surface area contributed by atoms with Crippen LogP contribution in [0.3, 0.4) is 0 Å². The van der Waals surface area contributed by atoms with Gasteiger partial charge in [-0.15, -0.1) is 0 Å². The van der Waals surface area contributed by atoms with Crippen molar-refractivity contribution in [3.63, 3.8) is 0 Å². The summed E-state index contributed by atoms with van der Waals surface area (Å²) in [4.78, 5) is 12.6. The molecule has 6 heteroatoms. The molecule has 0 atom stereocenters. The number of aromatic nitrogens is 3. The van der Waals surface area contributed by atoms with Crippen LogP contribution in [0.1, 0.15) is 0 Å². The fourth-order valence-electron chi connectivity index (χ4n) is 1.88. The molecule has 0 aliphatic carbocycles. The third kappa shape index (κ3) is 1.87. The van der Waals surface area contributed by atoms with Gasteiger partial charge in [0.05, 0.1) is 31.7 Å². The van der Waals surface area contributed by atoms with Crippen molar-refractivity contribution >= 4 is 11.0 Å². The average molecular weight is 257 g/mol. The molecular weight excluding hydrogens is 246 g/mol. The van der Waals surface area contributed by atoms with Gasteiger partial charge in [0.1, 0.15) is 5.58 Å². The molecular formula is C13H11N3O3. The molecule has 0 aliphatic rings. The Bertz CT molecular complexity index is 724. The van der Waals surface area contributed by atoms with Crippen molar-refractivity contribution < 1.29 is 13.9 Å². The van der Waals surface area contributed by atoms with Crippen molar-refractivity contribution in [1.82, 2.24) is 15.0 Å². The van der Waals surface area contributed by atoms with Crippen LogP contribution in [0, 0.1) is 0 Å². The van der Waals surface area contributed by atoms with Gasteiger partial charge in [-0.3, -0.25) is 4.98 Å². The van der Waals surface area contributed by atoms with Crippen LogP contribution in [0.2, 0.25) is 0 Å². The van der Waals surface area contributed by atoms with Crippen LogP contribution in [0.25, 0.3) is 22.2 Å². The van der Waals surface area contributed by atoms with Crippen molar-refractivity contribution in [2.45, 2.75) is 0 Å². The van der Waals surface area contributed by atoms with Gasteiger partial charge in [-0.25, -0.2) is 4.98 Å². The van der Waals surface area contributed by atoms with Gasteiger partial charge in [0, 0.05) is 17.8 Å². The number of furan rings is 1. The van der Waals surface area contributed by atoms with E-state index in [1.54, 1.807) is 31.8 Å². The Morgan fingerprint density at radius 1 is 1.11 bits per heavy atom. The summed E-state index contributed by atoms with van der Waals surface area (Å²) in [6.07, 6.45) is 4.91. The smallest absolute Gasteiger partial charge is 0.319 e. The molecule has 96 valence electrons. The van der Waals surface area contributed by atoms with E-state index < -0.39 is 0 Å². The number of methoxy groups -OCH3 is 2. The van der Waals surface area contributed by atoms with Crippen molar-refractivity contribution in [2.75, 3.05) is 14.2 Å². The van der Waals surface area contributed by atoms with Gasteiger partial charge in [0.2, 0.25) is 5.88 Å². The Labute approximate surface area is 109 Å². The van der Waals surface area contributed by atoms with E-state index in [1.807, 2.05) is 6.07 Å². The summed E-state index contributed by atoms with van der Waals surface area (Å²) < 4.78 is 15.6. The molecule has 0 unspecified atom stereocenters. The molecule has 3 aromatic rings. The molecule has 0 amide bonds. The lowest BCUT2D eigenvalue weighted by Crippen LogP contribution is -1.98. The Morgan fingerprint density at radius 2 is 2.00 bits per heavy atom. The van der Waals surface area contributed by atoms with Crippen LogP contribution in [0.5, 0.6) is 11.9 Å². The second kappa shape index (κ2) is 4.56. The van der Waals surface area contributed by atoms with Crippen molar-refractivity contribution in [3.05, 3.63) is 30.8 Å². The Hall–Kier alpha value is -2.63. The highest BCUT2D eigenvalue weighted by Gasteiger charge is 2.15. The molecule has 0 aliphatic heterocycles. The van der Waals surface area contributed by atoms with Gasteiger partial charge in [-0.2, -0.15) is 4.98 Å². The largest absolute Gasteiger partial charge is 0.480 e. The van der Waals surface area contributed by atoms with Crippen molar-refractivity contribution in [2.24, 2.45) is 0 Å². The maximum absolute atomic E-state index is 5.35. The minimum atomic E-state index is 0.250. The van der Waals surface area contributed by atoms with Gasteiger partial charge >= 0.3 is 6.01 Å². The van der Waals surface area contributed by atoms with E-state index in [0.717, 1.165) is 11.0 Å². The summed E-state index contributed by atoms with van der Waals surface area (Å²) >= 11 is 0. The number of ether oxygens (including phenoxy) is 2. The third-order valence-electron chi connectivity index (χ3n) is 2.74. The second-order valence-corrected chi connectivity index (χ2v) is 3.77. The molecule has 0 N–H and O–H groups in total. The van der Waals surface area contributed by atoms with E-state index in [1.165, 1.54) is 7.11 Å². The monoisotopic (exact) mass is 257 g/mol. The SMILES string of the molecule is COc1ncc(-c2nccc3occc23)c(OC)n1. The molecule has 3 aromatic heterocycles. The lowest BCUT2D eigenvalue weighted by atomic mass is 10.1. The summed E-state index contributed by atoms with van der Waals surface area (Å²) in [5.41, 5.74) is 2.16. The number of nitrogens with zero attached hydrogens (tertiary/aromatic N) is 3. The first-order valence-corrected chi connectivity index (χ1v) is 5.61. The topological polar surface area (TPSA) is 70.3 Å². The van der Waals surface area contributed by atoms with Gasteiger partial charge in [0.15, 0.2) is 0 Å². The normalized spacial score (nSPS) is 10.6. The molecule has 0 saturated carbocycles. The van der Waals surface area contributed by atoms with Crippen molar-refractivity contribution in [3.8, 4) is 23.1 Å². The lowest BCUT2D eigenvalue weighted by Gasteiger charge is -2.08. The van der Waals surface area contributed by atoms with E-state index in [-0.39, 0.29) is 6.01 Å². The quantitative estimate of drug-likeness (QED) is 0.717. The summed E-state index contributed by atoms with van der Waals surface area (Å²) in [6, 6.07) is 3.90. The predicted molar refractivity (Wildman–Crippen MR) is 68.1 cm³/mol. The lowest BCUT2D eigenvalue weighted by molar-refractivity contribution is 0.353. The molecule has 0 radical (unpaired) electrons. The molecule has 0 fully saturated rings. The second-order valence-electron chi connectivity index (χ2n) is 3.77. The minimum absolute atomic E-state index is 0.250. The minimum Gasteiger partial charge on any atom is -0.480 e. The van der Waals surface area contributed by atoms with E-state index in [0.29, 0.717) is 17.1 Å². The molecule has 0 saturated heterocycles.